The van der Waals surface area contributed by atoms with Crippen LogP contribution in [0.25, 0.3) is 0 Å². The predicted octanol–water partition coefficient (Wildman–Crippen LogP) is 1.01. The van der Waals surface area contributed by atoms with Crippen LogP contribution in [0.4, 0.5) is 11.6 Å². The summed E-state index contributed by atoms with van der Waals surface area (Å²) in [5, 5.41) is 13.3. The molecule has 1 aliphatic heterocycles. The first-order valence-electron chi connectivity index (χ1n) is 9.36. The third-order valence-corrected chi connectivity index (χ3v) is 5.33. The number of aromatic nitrogens is 8. The van der Waals surface area contributed by atoms with Crippen LogP contribution in [0.5, 0.6) is 0 Å². The molecule has 0 aromatic carbocycles. The van der Waals surface area contributed by atoms with Gasteiger partial charge in [0.15, 0.2) is 5.82 Å². The van der Waals surface area contributed by atoms with E-state index >= 15 is 0 Å². The lowest BCUT2D eigenvalue weighted by molar-refractivity contribution is 0.458. The molecule has 4 heterocycles. The summed E-state index contributed by atoms with van der Waals surface area (Å²) in [6, 6.07) is 2.37. The molecule has 1 saturated heterocycles. The van der Waals surface area contributed by atoms with Gasteiger partial charge in [0.2, 0.25) is 0 Å². The number of hydrogen-bond acceptors (Lipinski definition) is 8. The zero-order valence-electron chi connectivity index (χ0n) is 15.0. The van der Waals surface area contributed by atoms with E-state index in [1.807, 2.05) is 6.07 Å². The van der Waals surface area contributed by atoms with Gasteiger partial charge in [0.25, 0.3) is 0 Å². The average molecular weight is 366 g/mol. The molecule has 1 aliphatic carbocycles. The fraction of sp³-hybridized carbons (Fsp3) is 0.529. The predicted molar refractivity (Wildman–Crippen MR) is 98.0 cm³/mol. The van der Waals surface area contributed by atoms with Crippen molar-refractivity contribution in [2.75, 3.05) is 23.7 Å². The summed E-state index contributed by atoms with van der Waals surface area (Å²) in [6.45, 7) is 2.47. The van der Waals surface area contributed by atoms with Crippen molar-refractivity contribution in [2.24, 2.45) is 0 Å². The van der Waals surface area contributed by atoms with Gasteiger partial charge in [-0.05, 0) is 25.7 Å². The molecular weight excluding hydrogens is 344 g/mol. The Morgan fingerprint density at radius 1 is 1.04 bits per heavy atom. The second-order valence-electron chi connectivity index (χ2n) is 7.23. The third kappa shape index (κ3) is 3.22. The van der Waals surface area contributed by atoms with E-state index < -0.39 is 0 Å². The summed E-state index contributed by atoms with van der Waals surface area (Å²) in [5.74, 6) is 3.92. The van der Waals surface area contributed by atoms with E-state index in [9.17, 15) is 0 Å². The van der Waals surface area contributed by atoms with Crippen molar-refractivity contribution in [3.63, 3.8) is 0 Å². The van der Waals surface area contributed by atoms with Crippen LogP contribution in [0, 0.1) is 0 Å². The highest BCUT2D eigenvalue weighted by Gasteiger charge is 2.33. The molecule has 0 spiro atoms. The van der Waals surface area contributed by atoms with Crippen molar-refractivity contribution in [1.29, 1.82) is 0 Å². The summed E-state index contributed by atoms with van der Waals surface area (Å²) < 4.78 is 4.15. The number of piperidine rings is 1. The van der Waals surface area contributed by atoms with Gasteiger partial charge in [0.05, 0.1) is 0 Å². The van der Waals surface area contributed by atoms with Gasteiger partial charge < -0.3 is 15.2 Å². The molecule has 2 N–H and O–H groups in total. The Morgan fingerprint density at radius 2 is 1.89 bits per heavy atom. The van der Waals surface area contributed by atoms with Crippen LogP contribution in [0.2, 0.25) is 0 Å². The van der Waals surface area contributed by atoms with E-state index in [2.05, 4.69) is 39.7 Å². The number of anilines is 2. The summed E-state index contributed by atoms with van der Waals surface area (Å²) >= 11 is 0. The zero-order valence-corrected chi connectivity index (χ0v) is 15.0. The molecule has 0 unspecified atom stereocenters. The molecule has 3 aromatic rings. The first kappa shape index (κ1) is 16.2. The molecule has 2 fully saturated rings. The van der Waals surface area contributed by atoms with Crippen molar-refractivity contribution >= 4 is 11.6 Å². The molecular formula is C17H22N10. The van der Waals surface area contributed by atoms with Gasteiger partial charge in [0.1, 0.15) is 43.0 Å². The Morgan fingerprint density at radius 3 is 2.59 bits per heavy atom. The van der Waals surface area contributed by atoms with Gasteiger partial charge in [-0.3, -0.25) is 0 Å². The maximum atomic E-state index is 5.79. The maximum Gasteiger partial charge on any atom is 0.155 e. The lowest BCUT2D eigenvalue weighted by Gasteiger charge is -2.32. The average Bonchev–Trinajstić information content (AvgIpc) is 3.23. The van der Waals surface area contributed by atoms with Gasteiger partial charge in [-0.25, -0.2) is 19.6 Å². The van der Waals surface area contributed by atoms with E-state index in [4.69, 9.17) is 5.73 Å². The Balaban J connectivity index is 1.33. The summed E-state index contributed by atoms with van der Waals surface area (Å²) in [5.41, 5.74) is 5.79. The highest BCUT2D eigenvalue weighted by atomic mass is 15.4. The van der Waals surface area contributed by atoms with Crippen LogP contribution in [-0.4, -0.2) is 52.6 Å². The molecule has 140 valence electrons. The van der Waals surface area contributed by atoms with E-state index in [-0.39, 0.29) is 0 Å². The van der Waals surface area contributed by atoms with Crippen molar-refractivity contribution in [3.8, 4) is 0 Å². The maximum absolute atomic E-state index is 5.79. The Kier molecular flexibility index (Phi) is 3.95. The Hall–Kier alpha value is -3.04. The van der Waals surface area contributed by atoms with Crippen LogP contribution in [0.1, 0.15) is 49.3 Å². The first-order valence-corrected chi connectivity index (χ1v) is 9.36. The second-order valence-corrected chi connectivity index (χ2v) is 7.23. The topological polar surface area (TPSA) is 116 Å². The lowest BCUT2D eigenvalue weighted by Crippen LogP contribution is -2.34. The highest BCUT2D eigenvalue weighted by Crippen LogP contribution is 2.40. The van der Waals surface area contributed by atoms with Crippen LogP contribution in [-0.2, 0) is 6.54 Å². The van der Waals surface area contributed by atoms with E-state index in [1.54, 1.807) is 17.3 Å². The number of hydrogen-bond donors (Lipinski definition) is 1. The van der Waals surface area contributed by atoms with Gasteiger partial charge in [-0.2, -0.15) is 5.10 Å². The van der Waals surface area contributed by atoms with Gasteiger partial charge in [-0.1, -0.05) is 0 Å². The molecule has 0 bridgehead atoms. The smallest absolute Gasteiger partial charge is 0.155 e. The van der Waals surface area contributed by atoms with E-state index in [1.165, 1.54) is 19.2 Å². The Labute approximate surface area is 156 Å². The van der Waals surface area contributed by atoms with Crippen molar-refractivity contribution in [2.45, 2.75) is 44.2 Å². The quantitative estimate of drug-likeness (QED) is 0.711. The minimum Gasteiger partial charge on any atom is -0.384 e. The molecule has 0 atom stereocenters. The summed E-state index contributed by atoms with van der Waals surface area (Å²) in [4.78, 5) is 14.6. The second kappa shape index (κ2) is 6.60. The van der Waals surface area contributed by atoms with Gasteiger partial charge >= 0.3 is 0 Å². The number of nitrogens with zero attached hydrogens (tertiary/aromatic N) is 9. The number of rotatable bonds is 5. The normalized spacial score (nSPS) is 18.1. The number of nitrogen functional groups attached to an aromatic ring is 1. The molecule has 10 heteroatoms. The third-order valence-electron chi connectivity index (χ3n) is 5.33. The minimum absolute atomic E-state index is 0.415. The minimum atomic E-state index is 0.415. The fourth-order valence-electron chi connectivity index (χ4n) is 3.81. The highest BCUT2D eigenvalue weighted by molar-refractivity contribution is 5.46. The summed E-state index contributed by atoms with van der Waals surface area (Å²) in [6.07, 6.45) is 9.25. The van der Waals surface area contributed by atoms with Gasteiger partial charge in [-0.15, -0.1) is 10.2 Å². The SMILES string of the molecule is Nc1cc(N2CCC(c3nnc(Cn4cncn4)n3C3CC3)CC2)ncn1. The molecule has 5 rings (SSSR count). The molecule has 3 aromatic heterocycles. The standard InChI is InChI=1S/C17H22N10/c18-14-7-15(21-10-20-14)25-5-3-12(4-6-25)17-24-23-16(27(17)13-1-2-13)8-26-11-19-9-22-26/h7,9-13H,1-6,8H2,(H2,18,20,21). The molecule has 0 amide bonds. The van der Waals surface area contributed by atoms with E-state index in [0.29, 0.717) is 24.3 Å². The lowest BCUT2D eigenvalue weighted by atomic mass is 9.95. The molecule has 10 nitrogen and oxygen atoms in total. The van der Waals surface area contributed by atoms with Gasteiger partial charge in [0, 0.05) is 31.1 Å². The molecule has 27 heavy (non-hydrogen) atoms. The zero-order chi connectivity index (χ0) is 18.2. The van der Waals surface area contributed by atoms with Crippen LogP contribution >= 0.6 is 0 Å². The monoisotopic (exact) mass is 366 g/mol. The summed E-state index contributed by atoms with van der Waals surface area (Å²) in [7, 11) is 0. The van der Waals surface area contributed by atoms with Crippen LogP contribution in [0.3, 0.4) is 0 Å². The largest absolute Gasteiger partial charge is 0.384 e. The van der Waals surface area contributed by atoms with Crippen LogP contribution in [0.15, 0.2) is 25.0 Å². The number of nitrogens with two attached hydrogens (primary N) is 1. The van der Waals surface area contributed by atoms with Crippen LogP contribution < -0.4 is 10.6 Å². The van der Waals surface area contributed by atoms with E-state index in [0.717, 1.165) is 43.4 Å². The molecule has 0 radical (unpaired) electrons. The molecule has 1 saturated carbocycles. The first-order chi connectivity index (χ1) is 13.3. The van der Waals surface area contributed by atoms with Crippen molar-refractivity contribution in [3.05, 3.63) is 36.7 Å². The molecule has 2 aliphatic rings. The Bertz CT molecular complexity index is 906. The van der Waals surface area contributed by atoms with Crippen molar-refractivity contribution in [1.82, 2.24) is 39.5 Å². The fourth-order valence-corrected chi connectivity index (χ4v) is 3.81. The van der Waals surface area contributed by atoms with Crippen molar-refractivity contribution < 1.29 is 0 Å².